The van der Waals surface area contributed by atoms with Crippen molar-refractivity contribution in [3.63, 3.8) is 0 Å². The molecule has 0 radical (unpaired) electrons. The van der Waals surface area contributed by atoms with E-state index in [-0.39, 0.29) is 0 Å². The van der Waals surface area contributed by atoms with Gasteiger partial charge in [-0.15, -0.1) is 0 Å². The minimum absolute atomic E-state index is 0.814. The van der Waals surface area contributed by atoms with Gasteiger partial charge in [0.25, 0.3) is 0 Å². The third-order valence-electron chi connectivity index (χ3n) is 23.8. The highest BCUT2D eigenvalue weighted by Crippen LogP contribution is 2.43. The number of pyridine rings is 6. The van der Waals surface area contributed by atoms with Crippen molar-refractivity contribution in [2.45, 2.75) is 152 Å². The van der Waals surface area contributed by atoms with Crippen LogP contribution in [0.4, 0.5) is 0 Å². The van der Waals surface area contributed by atoms with Crippen molar-refractivity contribution in [1.29, 1.82) is 0 Å². The zero-order chi connectivity index (χ0) is 78.1. The van der Waals surface area contributed by atoms with E-state index < -0.39 is 0 Å². The smallest absolute Gasteiger partial charge is 0.0973 e. The first kappa shape index (κ1) is 74.1. The third-order valence-corrected chi connectivity index (χ3v) is 26.1. The Morgan fingerprint density at radius 3 is 0.809 bits per heavy atom. The lowest BCUT2D eigenvalue weighted by molar-refractivity contribution is 1.20. The third kappa shape index (κ3) is 12.7. The molecule has 8 heteroatoms. The molecular formula is C102H86Br2N6. The van der Waals surface area contributed by atoms with Crippen LogP contribution < -0.4 is 0 Å². The van der Waals surface area contributed by atoms with Gasteiger partial charge in [-0.05, 0) is 300 Å². The molecule has 0 unspecified atom stereocenters. The fourth-order valence-corrected chi connectivity index (χ4v) is 17.9. The van der Waals surface area contributed by atoms with Crippen LogP contribution in [0.15, 0.2) is 131 Å². The van der Waals surface area contributed by atoms with Gasteiger partial charge in [0.15, 0.2) is 0 Å². The number of rotatable bonds is 4. The van der Waals surface area contributed by atoms with Gasteiger partial charge in [0.1, 0.15) is 0 Å². The van der Waals surface area contributed by atoms with E-state index in [9.17, 15) is 0 Å². The van der Waals surface area contributed by atoms with E-state index in [1.165, 1.54) is 77.9 Å². The van der Waals surface area contributed by atoms with Crippen LogP contribution in [0.1, 0.15) is 167 Å². The van der Waals surface area contributed by atoms with Gasteiger partial charge in [0.2, 0.25) is 0 Å². The molecule has 0 saturated carbocycles. The molecule has 0 N–H and O–H groups in total. The van der Waals surface area contributed by atoms with Gasteiger partial charge in [0, 0.05) is 109 Å². The number of fused-ring (bicyclic) bond motifs is 9. The van der Waals surface area contributed by atoms with Crippen LogP contribution in [0.3, 0.4) is 0 Å². The maximum absolute atomic E-state index is 5.65. The molecule has 0 saturated heterocycles. The molecule has 15 rings (SSSR count). The standard InChI is InChI=1S/C102H86Br2N6/c1-51-41-53(3)89(54(4)42-51)87-39-33-75-25-27-81-47-79(95(109-101(81)99(75)107-87)91-65(15)69(19)93(103)70(20)66(91)16)31-37-85-61(11)57(7)83(58(8)62(85)12)35-23-73-45-77-29-30-78-46-74(50-106-98(78)97(77)105-49-73)24-36-84-59(9)63(13)86(64(14)60(84)10)38-32-80-48-82-28-26-76-34-40-88(90-55(5)43-52(2)44-56(90)6)108-100(76)102(82)110-96(80)92-67(17)71(21)94(104)72(22)68(92)18/h25-30,33-34,39-50H,1-22H3. The van der Waals surface area contributed by atoms with Gasteiger partial charge in [-0.2, -0.15) is 0 Å². The summed E-state index contributed by atoms with van der Waals surface area (Å²) in [6.45, 7) is 47.8. The molecule has 538 valence electrons. The largest absolute Gasteiger partial charge is 0.253 e. The number of benzene rings is 9. The molecule has 6 nitrogen and oxygen atoms in total. The van der Waals surface area contributed by atoms with Crippen LogP contribution in [0.2, 0.25) is 0 Å². The quantitative estimate of drug-likeness (QED) is 0.129. The maximum Gasteiger partial charge on any atom is 0.0973 e. The molecule has 0 atom stereocenters. The van der Waals surface area contributed by atoms with E-state index in [4.69, 9.17) is 29.9 Å². The van der Waals surface area contributed by atoms with E-state index in [2.05, 4.69) is 341 Å². The Hall–Kier alpha value is -11.4. The van der Waals surface area contributed by atoms with E-state index in [1.54, 1.807) is 0 Å². The zero-order valence-corrected chi connectivity index (χ0v) is 70.2. The molecule has 15 aromatic rings. The van der Waals surface area contributed by atoms with Crippen LogP contribution in [-0.4, -0.2) is 29.9 Å². The Morgan fingerprint density at radius 2 is 0.500 bits per heavy atom. The Kier molecular flexibility index (Phi) is 19.3. The summed E-state index contributed by atoms with van der Waals surface area (Å²) in [5.74, 6) is 29.1. The van der Waals surface area contributed by atoms with Crippen molar-refractivity contribution < 1.29 is 0 Å². The molecule has 0 fully saturated rings. The number of aryl methyl sites for hydroxylation is 6. The number of hydrogen-bond donors (Lipinski definition) is 0. The summed E-state index contributed by atoms with van der Waals surface area (Å²) in [6.07, 6.45) is 3.72. The van der Waals surface area contributed by atoms with Crippen molar-refractivity contribution >= 4 is 97.3 Å². The number of halogens is 2. The van der Waals surface area contributed by atoms with Gasteiger partial charge in [-0.3, -0.25) is 9.97 Å². The summed E-state index contributed by atoms with van der Waals surface area (Å²) < 4.78 is 2.24. The molecule has 0 bridgehead atoms. The Labute approximate surface area is 664 Å². The summed E-state index contributed by atoms with van der Waals surface area (Å²) in [5, 5.41) is 6.00. The fraction of sp³-hybridized carbons (Fsp3) is 0.216. The van der Waals surface area contributed by atoms with Crippen molar-refractivity contribution in [1.82, 2.24) is 29.9 Å². The molecule has 6 aromatic heterocycles. The second kappa shape index (κ2) is 28.6. The first-order valence-electron chi connectivity index (χ1n) is 37.6. The van der Waals surface area contributed by atoms with Gasteiger partial charge < -0.3 is 0 Å². The molecule has 9 aromatic carbocycles. The summed E-state index contributed by atoms with van der Waals surface area (Å²) in [5.41, 5.74) is 46.2. The minimum atomic E-state index is 0.814. The number of aromatic nitrogens is 6. The molecule has 0 aliphatic rings. The predicted molar refractivity (Wildman–Crippen MR) is 469 cm³/mol. The number of hydrogen-bond acceptors (Lipinski definition) is 6. The molecular weight excluding hydrogens is 1470 g/mol. The van der Waals surface area contributed by atoms with E-state index >= 15 is 0 Å². The Bertz CT molecular complexity index is 6380. The average Bonchev–Trinajstić information content (AvgIpc) is 0.744. The maximum atomic E-state index is 5.65. The minimum Gasteiger partial charge on any atom is -0.253 e. The number of nitrogens with zero attached hydrogens (tertiary/aromatic N) is 6. The van der Waals surface area contributed by atoms with Gasteiger partial charge in [-0.25, -0.2) is 19.9 Å². The van der Waals surface area contributed by atoms with Crippen molar-refractivity contribution in [2.75, 3.05) is 0 Å². The van der Waals surface area contributed by atoms with Crippen LogP contribution in [-0.2, 0) is 0 Å². The first-order valence-corrected chi connectivity index (χ1v) is 39.2. The summed E-state index contributed by atoms with van der Waals surface area (Å²) >= 11 is 7.85. The van der Waals surface area contributed by atoms with Gasteiger partial charge >= 0.3 is 0 Å². The second-order valence-corrected chi connectivity index (χ2v) is 32.2. The van der Waals surface area contributed by atoms with Crippen molar-refractivity contribution in [3.8, 4) is 92.4 Å². The summed E-state index contributed by atoms with van der Waals surface area (Å²) in [6, 6.07) is 39.1. The van der Waals surface area contributed by atoms with Crippen molar-refractivity contribution in [3.05, 3.63) is 297 Å². The first-order chi connectivity index (χ1) is 52.5. The topological polar surface area (TPSA) is 77.3 Å². The summed E-state index contributed by atoms with van der Waals surface area (Å²) in [7, 11) is 0. The van der Waals surface area contributed by atoms with Gasteiger partial charge in [-0.1, -0.05) is 163 Å². The second-order valence-electron chi connectivity index (χ2n) is 30.7. The molecule has 6 heterocycles. The lowest BCUT2D eigenvalue weighted by atomic mass is 9.88. The molecule has 0 spiro atoms. The van der Waals surface area contributed by atoms with Crippen LogP contribution in [0, 0.1) is 200 Å². The highest BCUT2D eigenvalue weighted by Gasteiger charge is 2.25. The molecule has 0 aliphatic carbocycles. The Balaban J connectivity index is 0.725. The van der Waals surface area contributed by atoms with Gasteiger partial charge in [0.05, 0.1) is 67.0 Å². The lowest BCUT2D eigenvalue weighted by Crippen LogP contribution is -2.03. The highest BCUT2D eigenvalue weighted by atomic mass is 79.9. The van der Waals surface area contributed by atoms with E-state index in [0.717, 1.165) is 208 Å². The molecule has 0 aliphatic heterocycles. The monoisotopic (exact) mass is 1550 g/mol. The summed E-state index contributed by atoms with van der Waals surface area (Å²) in [4.78, 5) is 32.2. The zero-order valence-electron chi connectivity index (χ0n) is 67.0. The predicted octanol–water partition coefficient (Wildman–Crippen LogP) is 25.6. The SMILES string of the molecule is Cc1cc(C)c(-c2ccc3ccc4cc(C#Cc5c(C)c(C)c(C#Cc6cnc7c(ccc8cc(C#Cc9c(C)c(C)c(C#Cc%10cc%11ccc%12ccc(-c%13c(C)cc(C)cc%13C)nc%12c%11nc%10-c%10c(C)c(C)c(Br)c(C)c%10C)c(C)c9C)cnc87)c6)c(C)c5C)c(-c5c(C)c(C)c(Br)c(C)c5C)nc4c3n2)c(C)c1. The fourth-order valence-electron chi connectivity index (χ4n) is 16.7. The molecule has 0 amide bonds. The normalized spacial score (nSPS) is 11.3. The van der Waals surface area contributed by atoms with E-state index in [0.29, 0.717) is 0 Å². The van der Waals surface area contributed by atoms with Crippen LogP contribution >= 0.6 is 31.9 Å². The molecule has 110 heavy (non-hydrogen) atoms. The average molecular weight is 1560 g/mol. The Morgan fingerprint density at radius 1 is 0.236 bits per heavy atom. The van der Waals surface area contributed by atoms with E-state index in [1.807, 2.05) is 12.4 Å². The highest BCUT2D eigenvalue weighted by molar-refractivity contribution is 9.11. The van der Waals surface area contributed by atoms with Crippen LogP contribution in [0.5, 0.6) is 0 Å². The van der Waals surface area contributed by atoms with Crippen LogP contribution in [0.25, 0.3) is 110 Å². The van der Waals surface area contributed by atoms with Crippen molar-refractivity contribution in [2.24, 2.45) is 0 Å². The lowest BCUT2D eigenvalue weighted by Gasteiger charge is -2.19.